The lowest BCUT2D eigenvalue weighted by molar-refractivity contribution is 0.531. The van der Waals surface area contributed by atoms with Crippen LogP contribution in [0.2, 0.25) is 0 Å². The maximum atomic E-state index is 13.4. The van der Waals surface area contributed by atoms with Crippen molar-refractivity contribution < 1.29 is 8.78 Å². The summed E-state index contributed by atoms with van der Waals surface area (Å²) in [5.74, 6) is -0.595. The second kappa shape index (κ2) is 5.97. The molecule has 0 aromatic heterocycles. The molecule has 0 aliphatic carbocycles. The fourth-order valence-electron chi connectivity index (χ4n) is 2.24. The van der Waals surface area contributed by atoms with E-state index in [0.717, 1.165) is 37.3 Å². The third-order valence-corrected chi connectivity index (χ3v) is 3.06. The number of benzene rings is 1. The van der Waals surface area contributed by atoms with E-state index in [9.17, 15) is 8.78 Å². The lowest BCUT2D eigenvalue weighted by atomic mass is 9.87. The quantitative estimate of drug-likeness (QED) is 0.666. The summed E-state index contributed by atoms with van der Waals surface area (Å²) in [5.41, 5.74) is 1.45. The van der Waals surface area contributed by atoms with Gasteiger partial charge < -0.3 is 0 Å². The van der Waals surface area contributed by atoms with Crippen LogP contribution in [0.1, 0.15) is 56.6 Å². The van der Waals surface area contributed by atoms with Crippen molar-refractivity contribution in [1.29, 1.82) is 0 Å². The van der Waals surface area contributed by atoms with Gasteiger partial charge in [0.25, 0.3) is 0 Å². The Morgan fingerprint density at radius 1 is 1.06 bits per heavy atom. The zero-order valence-corrected chi connectivity index (χ0v) is 10.3. The minimum Gasteiger partial charge on any atom is -0.207 e. The fraction of sp³-hybridized carbons (Fsp3) is 0.571. The molecule has 0 amide bonds. The van der Waals surface area contributed by atoms with Crippen LogP contribution in [0.3, 0.4) is 0 Å². The highest BCUT2D eigenvalue weighted by atomic mass is 19.1. The fourth-order valence-corrected chi connectivity index (χ4v) is 2.24. The largest absolute Gasteiger partial charge is 0.207 e. The molecule has 0 saturated carbocycles. The molecule has 0 heterocycles. The maximum absolute atomic E-state index is 13.4. The first kappa shape index (κ1) is 13.1. The molecule has 0 spiro atoms. The highest BCUT2D eigenvalue weighted by Gasteiger charge is 2.15. The first-order valence-corrected chi connectivity index (χ1v) is 6.05. The van der Waals surface area contributed by atoms with Gasteiger partial charge in [0.2, 0.25) is 0 Å². The van der Waals surface area contributed by atoms with E-state index in [1.54, 1.807) is 6.92 Å². The Morgan fingerprint density at radius 3 is 2.12 bits per heavy atom. The zero-order valence-electron chi connectivity index (χ0n) is 10.3. The van der Waals surface area contributed by atoms with Crippen LogP contribution in [-0.2, 0) is 0 Å². The summed E-state index contributed by atoms with van der Waals surface area (Å²) in [7, 11) is 0. The first-order chi connectivity index (χ1) is 7.60. The Bertz CT molecular complexity index is 339. The van der Waals surface area contributed by atoms with Crippen molar-refractivity contribution in [2.24, 2.45) is 0 Å². The van der Waals surface area contributed by atoms with Crippen LogP contribution in [0.25, 0.3) is 0 Å². The summed E-state index contributed by atoms with van der Waals surface area (Å²) < 4.78 is 26.6. The molecule has 90 valence electrons. The second-order valence-electron chi connectivity index (χ2n) is 4.38. The monoisotopic (exact) mass is 226 g/mol. The average molecular weight is 226 g/mol. The normalized spacial score (nSPS) is 11.1. The van der Waals surface area contributed by atoms with Gasteiger partial charge in [-0.3, -0.25) is 0 Å². The van der Waals surface area contributed by atoms with Crippen molar-refractivity contribution >= 4 is 0 Å². The lowest BCUT2D eigenvalue weighted by Gasteiger charge is -2.18. The molecule has 0 nitrogen and oxygen atoms in total. The standard InChI is InChI=1S/C14H20F2/c1-4-6-11(7-5-2)13-8-12(15)9-14(16)10(13)3/h8-9,11H,4-7H2,1-3H3. The highest BCUT2D eigenvalue weighted by molar-refractivity contribution is 5.31. The molecule has 0 saturated heterocycles. The Hall–Kier alpha value is -0.920. The van der Waals surface area contributed by atoms with Gasteiger partial charge in [0.15, 0.2) is 0 Å². The molecule has 0 N–H and O–H groups in total. The molecular formula is C14H20F2. The van der Waals surface area contributed by atoms with E-state index in [0.29, 0.717) is 11.5 Å². The van der Waals surface area contributed by atoms with E-state index in [2.05, 4.69) is 13.8 Å². The molecule has 0 unspecified atom stereocenters. The van der Waals surface area contributed by atoms with Crippen molar-refractivity contribution in [3.05, 3.63) is 34.9 Å². The Morgan fingerprint density at radius 2 is 1.62 bits per heavy atom. The van der Waals surface area contributed by atoms with Crippen LogP contribution in [0.4, 0.5) is 8.78 Å². The van der Waals surface area contributed by atoms with Gasteiger partial charge in [0.1, 0.15) is 11.6 Å². The summed E-state index contributed by atoms with van der Waals surface area (Å²) in [6.07, 6.45) is 4.08. The van der Waals surface area contributed by atoms with Gasteiger partial charge in [0.05, 0.1) is 0 Å². The third-order valence-electron chi connectivity index (χ3n) is 3.06. The van der Waals surface area contributed by atoms with Crippen LogP contribution in [0.5, 0.6) is 0 Å². The Labute approximate surface area is 96.7 Å². The summed E-state index contributed by atoms with van der Waals surface area (Å²) in [4.78, 5) is 0. The molecular weight excluding hydrogens is 206 g/mol. The summed E-state index contributed by atoms with van der Waals surface area (Å²) >= 11 is 0. The van der Waals surface area contributed by atoms with Gasteiger partial charge >= 0.3 is 0 Å². The predicted molar refractivity (Wildman–Crippen MR) is 63.7 cm³/mol. The van der Waals surface area contributed by atoms with Crippen LogP contribution in [0, 0.1) is 18.6 Å². The molecule has 0 atom stereocenters. The minimum absolute atomic E-state index is 0.292. The molecule has 1 aromatic rings. The maximum Gasteiger partial charge on any atom is 0.129 e. The van der Waals surface area contributed by atoms with Gasteiger partial charge in [-0.15, -0.1) is 0 Å². The average Bonchev–Trinajstić information content (AvgIpc) is 2.23. The van der Waals surface area contributed by atoms with Crippen molar-refractivity contribution in [3.63, 3.8) is 0 Å². The van der Waals surface area contributed by atoms with Gasteiger partial charge in [-0.25, -0.2) is 8.78 Å². The summed E-state index contributed by atoms with van der Waals surface area (Å²) in [6, 6.07) is 2.46. The first-order valence-electron chi connectivity index (χ1n) is 6.05. The minimum atomic E-state index is -0.463. The molecule has 0 radical (unpaired) electrons. The van der Waals surface area contributed by atoms with Crippen molar-refractivity contribution in [2.45, 2.75) is 52.4 Å². The van der Waals surface area contributed by atoms with E-state index in [1.165, 1.54) is 6.07 Å². The zero-order chi connectivity index (χ0) is 12.1. The van der Waals surface area contributed by atoms with E-state index in [1.807, 2.05) is 0 Å². The summed E-state index contributed by atoms with van der Waals surface area (Å²) in [6.45, 7) is 5.95. The molecule has 0 bridgehead atoms. The smallest absolute Gasteiger partial charge is 0.129 e. The molecule has 2 heteroatoms. The third kappa shape index (κ3) is 3.03. The van der Waals surface area contributed by atoms with Gasteiger partial charge in [-0.2, -0.15) is 0 Å². The number of hydrogen-bond acceptors (Lipinski definition) is 0. The van der Waals surface area contributed by atoms with Gasteiger partial charge in [-0.1, -0.05) is 26.7 Å². The van der Waals surface area contributed by atoms with Gasteiger partial charge in [-0.05, 0) is 42.9 Å². The van der Waals surface area contributed by atoms with E-state index in [-0.39, 0.29) is 0 Å². The molecule has 1 aromatic carbocycles. The Kier molecular flexibility index (Phi) is 4.91. The summed E-state index contributed by atoms with van der Waals surface area (Å²) in [5, 5.41) is 0. The van der Waals surface area contributed by atoms with E-state index in [4.69, 9.17) is 0 Å². The number of halogens is 2. The van der Waals surface area contributed by atoms with Crippen LogP contribution < -0.4 is 0 Å². The molecule has 0 fully saturated rings. The predicted octanol–water partition coefficient (Wildman–Crippen LogP) is 4.96. The SMILES string of the molecule is CCCC(CCC)c1cc(F)cc(F)c1C. The number of hydrogen-bond donors (Lipinski definition) is 0. The Balaban J connectivity index is 3.07. The van der Waals surface area contributed by atoms with E-state index < -0.39 is 11.6 Å². The number of rotatable bonds is 5. The molecule has 1 rings (SSSR count). The van der Waals surface area contributed by atoms with Crippen LogP contribution in [-0.4, -0.2) is 0 Å². The van der Waals surface area contributed by atoms with Crippen LogP contribution >= 0.6 is 0 Å². The van der Waals surface area contributed by atoms with E-state index >= 15 is 0 Å². The lowest BCUT2D eigenvalue weighted by Crippen LogP contribution is -2.03. The van der Waals surface area contributed by atoms with Gasteiger partial charge in [0, 0.05) is 6.07 Å². The second-order valence-corrected chi connectivity index (χ2v) is 4.38. The van der Waals surface area contributed by atoms with Crippen LogP contribution in [0.15, 0.2) is 12.1 Å². The molecule has 16 heavy (non-hydrogen) atoms. The molecule has 0 aliphatic rings. The van der Waals surface area contributed by atoms with Crippen molar-refractivity contribution in [3.8, 4) is 0 Å². The highest BCUT2D eigenvalue weighted by Crippen LogP contribution is 2.30. The molecule has 0 aliphatic heterocycles. The van der Waals surface area contributed by atoms with Crippen molar-refractivity contribution in [1.82, 2.24) is 0 Å². The topological polar surface area (TPSA) is 0 Å². The van der Waals surface area contributed by atoms with Crippen molar-refractivity contribution in [2.75, 3.05) is 0 Å².